The van der Waals surface area contributed by atoms with E-state index >= 15 is 0 Å². The first-order valence-corrected chi connectivity index (χ1v) is 40.5. The summed E-state index contributed by atoms with van der Waals surface area (Å²) in [4.78, 5) is -5.23. The summed E-state index contributed by atoms with van der Waals surface area (Å²) in [6, 6.07) is 29.2. The van der Waals surface area contributed by atoms with E-state index in [9.17, 15) is 119 Å². The summed E-state index contributed by atoms with van der Waals surface area (Å²) >= 11 is 0. The molecule has 10 aromatic carbocycles. The van der Waals surface area contributed by atoms with Crippen molar-refractivity contribution >= 4 is 183 Å². The zero-order chi connectivity index (χ0) is 77.6. The Bertz CT molecular complexity index is 7020. The molecule has 0 aliphatic heterocycles. The standard InChI is InChI=1S/C60H40N12O27S8/c73-70(42-17-13-40(14-18-42)68-64-51-23-21-47-49(59(51)66-68)29-45(100(76,77)78)31-57(47)106(94,95)96)61-37-9-5-33(53(25-37)102(82,83)84)1-2-34-7-11-39(27-55(34)104(88,89)90)63-72(75)44-12-8-36(56(28-44)105(91,92)93)4-3-35-6-10-38(26-54(35)103(85,86)87)62-71(74)43-19-15-41(16-20-43)69-65-52-24-22-48-50(60(52)67-69)30-46(101(79,80)81)32-58(48)107(97,98)99/h1-32H,(H,76,77,78)(H,79,80,81)(H,82,83,84)(H,85,86,87)(H,88,89,90)(H,91,92,93)(H,94,95,96)(H,97,98,99)/b2-1+,4-3+,70-61?,71-62?,72-63?. The Labute approximate surface area is 600 Å². The highest BCUT2D eigenvalue weighted by molar-refractivity contribution is 7.88. The third-order valence-electron chi connectivity index (χ3n) is 15.4. The predicted molar refractivity (Wildman–Crippen MR) is 371 cm³/mol. The molecule has 0 radical (unpaired) electrons. The van der Waals surface area contributed by atoms with Gasteiger partial charge in [-0.3, -0.25) is 36.4 Å². The van der Waals surface area contributed by atoms with Crippen LogP contribution < -0.4 is 0 Å². The highest BCUT2D eigenvalue weighted by Gasteiger charge is 2.28. The third-order valence-corrected chi connectivity index (χ3v) is 22.5. The lowest BCUT2D eigenvalue weighted by Gasteiger charge is -2.08. The molecular weight excluding hydrogens is 1580 g/mol. The summed E-state index contributed by atoms with van der Waals surface area (Å²) in [5, 5.41) is 68.0. The second kappa shape index (κ2) is 27.1. The molecule has 0 spiro atoms. The van der Waals surface area contributed by atoms with Crippen molar-refractivity contribution < 1.29 is 118 Å². The van der Waals surface area contributed by atoms with E-state index < -0.39 is 137 Å². The molecule has 8 N–H and O–H groups in total. The second-order valence-electron chi connectivity index (χ2n) is 22.4. The molecule has 0 amide bonds. The normalized spacial score (nSPS) is 13.7. The topological polar surface area (TPSA) is 612 Å². The molecule has 0 bridgehead atoms. The van der Waals surface area contributed by atoms with Gasteiger partial charge in [0.15, 0.2) is 0 Å². The molecule has 0 aliphatic carbocycles. The van der Waals surface area contributed by atoms with Gasteiger partial charge < -0.3 is 15.6 Å². The van der Waals surface area contributed by atoms with Gasteiger partial charge in [0.25, 0.3) is 80.9 Å². The monoisotopic (exact) mass is 1620 g/mol. The minimum atomic E-state index is -5.28. The van der Waals surface area contributed by atoms with E-state index in [1.54, 1.807) is 0 Å². The van der Waals surface area contributed by atoms with E-state index in [1.165, 1.54) is 72.8 Å². The quantitative estimate of drug-likeness (QED) is 0.0116. The second-order valence-corrected chi connectivity index (χ2v) is 33.6. The van der Waals surface area contributed by atoms with E-state index in [2.05, 4.69) is 35.7 Å². The van der Waals surface area contributed by atoms with Gasteiger partial charge in [0.2, 0.25) is 17.1 Å². The van der Waals surface area contributed by atoms with Gasteiger partial charge in [-0.15, -0.1) is 20.4 Å². The number of azo groups is 3. The number of hydrogen-bond donors (Lipinski definition) is 8. The van der Waals surface area contributed by atoms with Gasteiger partial charge >= 0.3 is 0 Å². The summed E-state index contributed by atoms with van der Waals surface area (Å²) < 4.78 is 279. The van der Waals surface area contributed by atoms with E-state index in [1.807, 2.05) is 0 Å². The predicted octanol–water partition coefficient (Wildman–Crippen LogP) is 9.55. The van der Waals surface area contributed by atoms with Crippen LogP contribution in [0.15, 0.2) is 224 Å². The van der Waals surface area contributed by atoms with Crippen LogP contribution >= 0.6 is 0 Å². The molecular formula is C60H40N12O27S8. The fourth-order valence-electron chi connectivity index (χ4n) is 10.6. The average molecular weight is 1620 g/mol. The number of hydrogen-bond acceptors (Lipinski definition) is 26. The number of rotatable bonds is 20. The van der Waals surface area contributed by atoms with Crippen molar-refractivity contribution in [3.05, 3.63) is 208 Å². The summed E-state index contributed by atoms with van der Waals surface area (Å²) in [7, 11) is -41.0. The van der Waals surface area contributed by atoms with Crippen LogP contribution in [-0.4, -0.2) is 148 Å². The maximum absolute atomic E-state index is 13.5. The lowest BCUT2D eigenvalue weighted by atomic mass is 10.1. The molecule has 0 aliphatic rings. The fraction of sp³-hybridized carbons (Fsp3) is 0. The largest absolute Gasteiger partial charge is 0.594 e. The van der Waals surface area contributed by atoms with Crippen LogP contribution in [0.5, 0.6) is 0 Å². The molecule has 0 saturated carbocycles. The minimum absolute atomic E-state index is 0.0458. The Balaban J connectivity index is 0.753. The average Bonchev–Trinajstić information content (AvgIpc) is 1.71. The van der Waals surface area contributed by atoms with Crippen LogP contribution in [-0.2, 0) is 80.9 Å². The van der Waals surface area contributed by atoms with Crippen LogP contribution in [0.2, 0.25) is 0 Å². The van der Waals surface area contributed by atoms with Crippen LogP contribution in [0.1, 0.15) is 22.3 Å². The van der Waals surface area contributed by atoms with E-state index in [-0.39, 0.29) is 109 Å². The van der Waals surface area contributed by atoms with Crippen molar-refractivity contribution in [1.82, 2.24) is 30.0 Å². The van der Waals surface area contributed by atoms with E-state index in [4.69, 9.17) is 0 Å². The fourth-order valence-corrected chi connectivity index (χ4v) is 16.1. The Hall–Kier alpha value is -11.5. The summed E-state index contributed by atoms with van der Waals surface area (Å²) in [6.45, 7) is 0. The van der Waals surface area contributed by atoms with Gasteiger partial charge in [-0.25, -0.2) is 0 Å². The van der Waals surface area contributed by atoms with Gasteiger partial charge in [0.05, 0.1) is 21.2 Å². The van der Waals surface area contributed by atoms with Gasteiger partial charge in [0.1, 0.15) is 68.5 Å². The zero-order valence-electron chi connectivity index (χ0n) is 52.4. The molecule has 12 rings (SSSR count). The first-order valence-electron chi connectivity index (χ1n) is 28.9. The number of aromatic nitrogens is 6. The number of fused-ring (bicyclic) bond motifs is 6. The molecule has 39 nitrogen and oxygen atoms in total. The number of nitrogens with zero attached hydrogens (tertiary/aromatic N) is 12. The van der Waals surface area contributed by atoms with Crippen molar-refractivity contribution in [3.63, 3.8) is 0 Å². The molecule has 47 heteroatoms. The van der Waals surface area contributed by atoms with Crippen LogP contribution in [0, 0.1) is 15.6 Å². The van der Waals surface area contributed by atoms with Crippen molar-refractivity contribution in [3.8, 4) is 11.4 Å². The van der Waals surface area contributed by atoms with Crippen LogP contribution in [0.4, 0.5) is 34.1 Å². The summed E-state index contributed by atoms with van der Waals surface area (Å²) in [6.07, 6.45) is 3.82. The van der Waals surface area contributed by atoms with E-state index in [0.29, 0.717) is 24.3 Å². The summed E-state index contributed by atoms with van der Waals surface area (Å²) in [5.74, 6) is 0. The lowest BCUT2D eigenvalue weighted by molar-refractivity contribution is -0.435. The zero-order valence-corrected chi connectivity index (χ0v) is 59.0. The SMILES string of the molecule is O=S(=O)(O)c1cc(S(=O)(=O)O)c2ccc3nn(-c4ccc([N+]([O-])=Nc5ccc(/C=C/c6ccc(N=[N+]([O-])c7ccc(/C=C/c8ccc(N=[N+]([O-])c9ccc(-n%10nc%11ccc%12c(S(=O)(=O)O)cc(S(=O)(=O)O)cc%12c%11n%10)cc9)cc8S(=O)(=O)O)c(S(=O)(=O)O)c7)cc6S(=O)(=O)O)c(S(=O)(=O)O)c5)cc4)nc3c2c1. The summed E-state index contributed by atoms with van der Waals surface area (Å²) in [5.41, 5.74) is -3.36. The molecule has 550 valence electrons. The van der Waals surface area contributed by atoms with Gasteiger partial charge in [0, 0.05) is 73.3 Å². The third kappa shape index (κ3) is 16.0. The minimum Gasteiger partial charge on any atom is -0.594 e. The maximum Gasteiger partial charge on any atom is 0.295 e. The molecule has 0 saturated heterocycles. The highest BCUT2D eigenvalue weighted by atomic mass is 32.2. The molecule has 0 unspecified atom stereocenters. The van der Waals surface area contributed by atoms with Crippen LogP contribution in [0.25, 0.3) is 79.3 Å². The Kier molecular flexibility index (Phi) is 19.1. The molecule has 0 atom stereocenters. The highest BCUT2D eigenvalue weighted by Crippen LogP contribution is 2.37. The van der Waals surface area contributed by atoms with Gasteiger partial charge in [-0.1, -0.05) is 69.2 Å². The molecule has 107 heavy (non-hydrogen) atoms. The Morgan fingerprint density at radius 3 is 0.869 bits per heavy atom. The first-order chi connectivity index (χ1) is 49.8. The lowest BCUT2D eigenvalue weighted by Crippen LogP contribution is -2.04. The van der Waals surface area contributed by atoms with Crippen molar-refractivity contribution in [2.45, 2.75) is 39.2 Å². The molecule has 2 heterocycles. The Morgan fingerprint density at radius 2 is 0.570 bits per heavy atom. The first kappa shape index (κ1) is 75.2. The molecule has 0 fully saturated rings. The smallest absolute Gasteiger partial charge is 0.295 e. The van der Waals surface area contributed by atoms with Crippen molar-refractivity contribution in [2.24, 2.45) is 15.3 Å². The molecule has 2 aromatic heterocycles. The van der Waals surface area contributed by atoms with Crippen molar-refractivity contribution in [1.29, 1.82) is 0 Å². The van der Waals surface area contributed by atoms with Gasteiger partial charge in [-0.05, 0) is 125 Å². The van der Waals surface area contributed by atoms with Crippen molar-refractivity contribution in [2.75, 3.05) is 0 Å². The maximum atomic E-state index is 13.5. The number of benzene rings is 10. The van der Waals surface area contributed by atoms with Gasteiger partial charge in [-0.2, -0.15) is 76.9 Å². The Morgan fingerprint density at radius 1 is 0.290 bits per heavy atom. The van der Waals surface area contributed by atoms with Crippen LogP contribution in [0.3, 0.4) is 0 Å². The molecule has 12 aromatic rings. The van der Waals surface area contributed by atoms with E-state index in [0.717, 1.165) is 107 Å².